The van der Waals surface area contributed by atoms with Crippen molar-refractivity contribution in [1.82, 2.24) is 9.62 Å². The maximum absolute atomic E-state index is 12.6. The Hall–Kier alpha value is -0.890. The highest BCUT2D eigenvalue weighted by Gasteiger charge is 2.28. The van der Waals surface area contributed by atoms with Gasteiger partial charge in [-0.05, 0) is 33.2 Å². The molecule has 2 rings (SSSR count). The largest absolute Gasteiger partial charge is 0.464 e. The zero-order valence-corrected chi connectivity index (χ0v) is 13.7. The van der Waals surface area contributed by atoms with Crippen molar-refractivity contribution in [2.24, 2.45) is 0 Å². The third-order valence-electron chi connectivity index (χ3n) is 3.70. The van der Waals surface area contributed by atoms with Gasteiger partial charge >= 0.3 is 0 Å². The topological polar surface area (TPSA) is 71.8 Å². The summed E-state index contributed by atoms with van der Waals surface area (Å²) in [7, 11) is -0.150. The molecule has 0 aliphatic carbocycles. The van der Waals surface area contributed by atoms with Crippen molar-refractivity contribution in [3.8, 4) is 0 Å². The van der Waals surface area contributed by atoms with Crippen LogP contribution in [0.4, 0.5) is 0 Å². The van der Waals surface area contributed by atoms with Gasteiger partial charge in [0.25, 0.3) is 0 Å². The van der Waals surface area contributed by atoms with Gasteiger partial charge < -0.3 is 14.5 Å². The molecule has 1 saturated heterocycles. The Balaban J connectivity index is 2.12. The van der Waals surface area contributed by atoms with Gasteiger partial charge in [0, 0.05) is 26.3 Å². The summed E-state index contributed by atoms with van der Waals surface area (Å²) in [5.74, 6) is 1.05. The Morgan fingerprint density at radius 1 is 1.43 bits per heavy atom. The number of sulfonamides is 1. The molecule has 1 aliphatic heterocycles. The van der Waals surface area contributed by atoms with Gasteiger partial charge in [0.2, 0.25) is 10.0 Å². The lowest BCUT2D eigenvalue weighted by atomic mass is 10.1. The molecular weight excluding hydrogens is 292 g/mol. The van der Waals surface area contributed by atoms with Crippen LogP contribution in [0.5, 0.6) is 0 Å². The number of nitrogens with zero attached hydrogens (tertiary/aromatic N) is 1. The molecule has 2 heterocycles. The van der Waals surface area contributed by atoms with Crippen molar-refractivity contribution in [3.63, 3.8) is 0 Å². The van der Waals surface area contributed by atoms with E-state index in [0.29, 0.717) is 24.6 Å². The molecule has 0 radical (unpaired) electrons. The Morgan fingerprint density at radius 3 is 2.81 bits per heavy atom. The molecule has 1 atom stereocenters. The van der Waals surface area contributed by atoms with Gasteiger partial charge in [-0.2, -0.15) is 4.31 Å². The Labute approximate surface area is 126 Å². The van der Waals surface area contributed by atoms with Gasteiger partial charge in [0.15, 0.2) is 0 Å². The average Bonchev–Trinajstić information content (AvgIpc) is 2.82. The molecule has 0 amide bonds. The summed E-state index contributed by atoms with van der Waals surface area (Å²) < 4.78 is 37.7. The van der Waals surface area contributed by atoms with Crippen LogP contribution in [0.1, 0.15) is 30.8 Å². The van der Waals surface area contributed by atoms with Gasteiger partial charge in [-0.3, -0.25) is 0 Å². The molecule has 0 aromatic carbocycles. The first-order chi connectivity index (χ1) is 9.95. The molecule has 1 fully saturated rings. The van der Waals surface area contributed by atoms with Crippen LogP contribution in [0.2, 0.25) is 0 Å². The predicted octanol–water partition coefficient (Wildman–Crippen LogP) is 1.50. The van der Waals surface area contributed by atoms with E-state index in [0.717, 1.165) is 25.9 Å². The van der Waals surface area contributed by atoms with E-state index in [4.69, 9.17) is 9.15 Å². The SMILES string of the molecule is CNCc1cc(S(=O)(=O)N(C)CC2CCCCO2)c(C)o1. The summed E-state index contributed by atoms with van der Waals surface area (Å²) in [6, 6.07) is 1.60. The Bertz CT molecular complexity index is 562. The van der Waals surface area contributed by atoms with E-state index in [1.807, 2.05) is 0 Å². The molecule has 0 spiro atoms. The zero-order chi connectivity index (χ0) is 15.5. The second kappa shape index (κ2) is 6.91. The second-order valence-electron chi connectivity index (χ2n) is 5.44. The van der Waals surface area contributed by atoms with Crippen LogP contribution < -0.4 is 5.32 Å². The lowest BCUT2D eigenvalue weighted by Gasteiger charge is -2.26. The average molecular weight is 316 g/mol. The van der Waals surface area contributed by atoms with Crippen LogP contribution in [-0.2, 0) is 21.3 Å². The molecule has 120 valence electrons. The van der Waals surface area contributed by atoms with E-state index in [9.17, 15) is 8.42 Å². The van der Waals surface area contributed by atoms with Crippen molar-refractivity contribution >= 4 is 10.0 Å². The maximum atomic E-state index is 12.6. The van der Waals surface area contributed by atoms with E-state index >= 15 is 0 Å². The number of ether oxygens (including phenoxy) is 1. The first-order valence-corrected chi connectivity index (χ1v) is 8.71. The number of furan rings is 1. The summed E-state index contributed by atoms with van der Waals surface area (Å²) in [5.41, 5.74) is 0. The van der Waals surface area contributed by atoms with E-state index in [1.165, 1.54) is 4.31 Å². The van der Waals surface area contributed by atoms with Crippen molar-refractivity contribution in [1.29, 1.82) is 0 Å². The van der Waals surface area contributed by atoms with Crippen molar-refractivity contribution in [3.05, 3.63) is 17.6 Å². The summed E-state index contributed by atoms with van der Waals surface area (Å²) >= 11 is 0. The monoisotopic (exact) mass is 316 g/mol. The van der Waals surface area contributed by atoms with Crippen LogP contribution in [0.25, 0.3) is 0 Å². The highest BCUT2D eigenvalue weighted by Crippen LogP contribution is 2.24. The van der Waals surface area contributed by atoms with Crippen LogP contribution in [0, 0.1) is 6.92 Å². The van der Waals surface area contributed by atoms with Crippen LogP contribution in [0.3, 0.4) is 0 Å². The minimum absolute atomic E-state index is 0.0116. The minimum Gasteiger partial charge on any atom is -0.464 e. The second-order valence-corrected chi connectivity index (χ2v) is 7.45. The minimum atomic E-state index is -3.53. The van der Waals surface area contributed by atoms with Crippen LogP contribution in [0.15, 0.2) is 15.4 Å². The molecular formula is C14H24N2O4S. The normalized spacial score (nSPS) is 20.1. The van der Waals surface area contributed by atoms with Crippen LogP contribution >= 0.6 is 0 Å². The van der Waals surface area contributed by atoms with Gasteiger partial charge in [0.1, 0.15) is 16.4 Å². The quantitative estimate of drug-likeness (QED) is 0.861. The van der Waals surface area contributed by atoms with Crippen LogP contribution in [-0.4, -0.2) is 46.1 Å². The molecule has 1 aromatic heterocycles. The number of nitrogens with one attached hydrogen (secondary N) is 1. The third-order valence-corrected chi connectivity index (χ3v) is 5.63. The molecule has 6 nitrogen and oxygen atoms in total. The molecule has 1 aliphatic rings. The Kier molecular flexibility index (Phi) is 5.43. The fourth-order valence-electron chi connectivity index (χ4n) is 2.55. The molecule has 1 unspecified atom stereocenters. The fourth-order valence-corrected chi connectivity index (χ4v) is 3.93. The summed E-state index contributed by atoms with van der Waals surface area (Å²) in [6.07, 6.45) is 3.05. The number of hydrogen-bond acceptors (Lipinski definition) is 5. The summed E-state index contributed by atoms with van der Waals surface area (Å²) in [4.78, 5) is 0.242. The Morgan fingerprint density at radius 2 is 2.19 bits per heavy atom. The maximum Gasteiger partial charge on any atom is 0.246 e. The van der Waals surface area contributed by atoms with E-state index < -0.39 is 10.0 Å². The lowest BCUT2D eigenvalue weighted by Crippen LogP contribution is -2.37. The first kappa shape index (κ1) is 16.5. The van der Waals surface area contributed by atoms with Gasteiger partial charge in [0.05, 0.1) is 12.6 Å². The van der Waals surface area contributed by atoms with Crippen molar-refractivity contribution in [2.75, 3.05) is 27.2 Å². The standard InChI is InChI=1S/C14H24N2O4S/c1-11-14(8-13(20-11)9-15-2)21(17,18)16(3)10-12-6-4-5-7-19-12/h8,12,15H,4-7,9-10H2,1-3H3. The van der Waals surface area contributed by atoms with E-state index in [2.05, 4.69) is 5.32 Å². The molecule has 1 aromatic rings. The highest BCUT2D eigenvalue weighted by molar-refractivity contribution is 7.89. The summed E-state index contributed by atoms with van der Waals surface area (Å²) in [5, 5.41) is 2.95. The van der Waals surface area contributed by atoms with Crippen molar-refractivity contribution in [2.45, 2.75) is 43.7 Å². The predicted molar refractivity (Wildman–Crippen MR) is 79.6 cm³/mol. The first-order valence-electron chi connectivity index (χ1n) is 7.27. The number of likely N-dealkylation sites (N-methyl/N-ethyl adjacent to an activating group) is 1. The van der Waals surface area contributed by atoms with E-state index in [1.54, 1.807) is 27.1 Å². The third kappa shape index (κ3) is 3.85. The molecule has 1 N–H and O–H groups in total. The smallest absolute Gasteiger partial charge is 0.246 e. The van der Waals surface area contributed by atoms with Gasteiger partial charge in [-0.1, -0.05) is 0 Å². The highest BCUT2D eigenvalue weighted by atomic mass is 32.2. The number of hydrogen-bond donors (Lipinski definition) is 1. The molecule has 7 heteroatoms. The number of aryl methyl sites for hydroxylation is 1. The fraction of sp³-hybridized carbons (Fsp3) is 0.714. The van der Waals surface area contributed by atoms with Gasteiger partial charge in [-0.15, -0.1) is 0 Å². The van der Waals surface area contributed by atoms with E-state index in [-0.39, 0.29) is 11.0 Å². The van der Waals surface area contributed by atoms with Crippen molar-refractivity contribution < 1.29 is 17.6 Å². The lowest BCUT2D eigenvalue weighted by molar-refractivity contribution is 0.00858. The zero-order valence-electron chi connectivity index (χ0n) is 12.9. The molecule has 0 saturated carbocycles. The van der Waals surface area contributed by atoms with Gasteiger partial charge in [-0.25, -0.2) is 8.42 Å². The summed E-state index contributed by atoms with van der Waals surface area (Å²) in [6.45, 7) is 3.28. The molecule has 21 heavy (non-hydrogen) atoms. The molecule has 0 bridgehead atoms. The number of rotatable bonds is 6.